The number of rotatable bonds is 4. The summed E-state index contributed by atoms with van der Waals surface area (Å²) < 4.78 is 40.6. The number of carboxylic acid groups (broad SMARTS) is 1. The number of alkyl halides is 3. The highest BCUT2D eigenvalue weighted by molar-refractivity contribution is 14.1. The first kappa shape index (κ1) is 15.0. The molecule has 0 aliphatic heterocycles. The van der Waals surface area contributed by atoms with E-state index in [0.717, 1.165) is 6.07 Å². The van der Waals surface area contributed by atoms with Crippen molar-refractivity contribution in [2.24, 2.45) is 5.73 Å². The SMILES string of the molecule is NCc1nc(CC(=O)O)c(OC(F)(F)F)cc1I. The second-order valence-electron chi connectivity index (χ2n) is 3.18. The molecule has 1 aromatic heterocycles. The third-order valence-corrected chi connectivity index (χ3v) is 2.76. The van der Waals surface area contributed by atoms with Gasteiger partial charge in [0.15, 0.2) is 5.75 Å². The monoisotopic (exact) mass is 376 g/mol. The molecule has 0 saturated heterocycles. The number of aliphatic carboxylic acids is 1. The van der Waals surface area contributed by atoms with E-state index in [1.807, 2.05) is 0 Å². The Morgan fingerprint density at radius 1 is 1.50 bits per heavy atom. The predicted octanol–water partition coefficient (Wildman–Crippen LogP) is 1.67. The van der Waals surface area contributed by atoms with Gasteiger partial charge in [0.05, 0.1) is 17.8 Å². The van der Waals surface area contributed by atoms with Gasteiger partial charge < -0.3 is 15.6 Å². The lowest BCUT2D eigenvalue weighted by Gasteiger charge is -2.13. The molecule has 100 valence electrons. The fourth-order valence-corrected chi connectivity index (χ4v) is 1.80. The van der Waals surface area contributed by atoms with Crippen molar-refractivity contribution >= 4 is 28.6 Å². The van der Waals surface area contributed by atoms with Crippen molar-refractivity contribution in [3.05, 3.63) is 21.0 Å². The van der Waals surface area contributed by atoms with Crippen molar-refractivity contribution in [2.45, 2.75) is 19.3 Å². The van der Waals surface area contributed by atoms with E-state index in [2.05, 4.69) is 9.72 Å². The minimum absolute atomic E-state index is 0.00279. The molecule has 0 aromatic carbocycles. The Kier molecular flexibility index (Phi) is 4.73. The van der Waals surface area contributed by atoms with Gasteiger partial charge in [-0.3, -0.25) is 9.78 Å². The third kappa shape index (κ3) is 4.29. The summed E-state index contributed by atoms with van der Waals surface area (Å²) in [5.74, 6) is -1.93. The van der Waals surface area contributed by atoms with Crippen LogP contribution in [-0.4, -0.2) is 22.4 Å². The zero-order valence-electron chi connectivity index (χ0n) is 8.79. The molecule has 1 aromatic rings. The number of nitrogens with zero attached hydrogens (tertiary/aromatic N) is 1. The van der Waals surface area contributed by atoms with Crippen LogP contribution in [0.5, 0.6) is 5.75 Å². The number of aromatic nitrogens is 1. The number of hydrogen-bond donors (Lipinski definition) is 2. The number of carboxylic acids is 1. The highest BCUT2D eigenvalue weighted by Crippen LogP contribution is 2.28. The quantitative estimate of drug-likeness (QED) is 0.782. The smallest absolute Gasteiger partial charge is 0.481 e. The van der Waals surface area contributed by atoms with Gasteiger partial charge >= 0.3 is 12.3 Å². The second-order valence-corrected chi connectivity index (χ2v) is 4.35. The van der Waals surface area contributed by atoms with E-state index in [0.29, 0.717) is 9.26 Å². The van der Waals surface area contributed by atoms with Crippen LogP contribution in [0.2, 0.25) is 0 Å². The molecular formula is C9H8F3IN2O3. The van der Waals surface area contributed by atoms with Crippen LogP contribution in [0.25, 0.3) is 0 Å². The van der Waals surface area contributed by atoms with Crippen LogP contribution in [0.3, 0.4) is 0 Å². The Labute approximate surface area is 113 Å². The van der Waals surface area contributed by atoms with E-state index < -0.39 is 24.5 Å². The summed E-state index contributed by atoms with van der Waals surface area (Å²) in [5.41, 5.74) is 5.37. The number of pyridine rings is 1. The van der Waals surface area contributed by atoms with Crippen molar-refractivity contribution in [3.8, 4) is 5.75 Å². The van der Waals surface area contributed by atoms with Crippen LogP contribution in [0.4, 0.5) is 13.2 Å². The fourth-order valence-electron chi connectivity index (χ4n) is 1.18. The first-order valence-electron chi connectivity index (χ1n) is 4.59. The molecule has 0 unspecified atom stereocenters. The van der Waals surface area contributed by atoms with Crippen LogP contribution in [-0.2, 0) is 17.8 Å². The molecule has 0 aliphatic rings. The third-order valence-electron chi connectivity index (χ3n) is 1.83. The zero-order chi connectivity index (χ0) is 13.9. The van der Waals surface area contributed by atoms with Crippen LogP contribution >= 0.6 is 22.6 Å². The number of nitrogens with two attached hydrogens (primary N) is 1. The average molecular weight is 376 g/mol. The summed E-state index contributed by atoms with van der Waals surface area (Å²) in [6, 6.07) is 1.07. The fraction of sp³-hybridized carbons (Fsp3) is 0.333. The molecule has 0 radical (unpaired) electrons. The lowest BCUT2D eigenvalue weighted by atomic mass is 10.2. The maximum absolute atomic E-state index is 12.1. The molecule has 0 amide bonds. The van der Waals surface area contributed by atoms with Gasteiger partial charge in [-0.05, 0) is 28.7 Å². The maximum Gasteiger partial charge on any atom is 0.573 e. The van der Waals surface area contributed by atoms with Gasteiger partial charge in [0, 0.05) is 10.1 Å². The number of halogens is 4. The number of carbonyl (C=O) groups is 1. The summed E-state index contributed by atoms with van der Waals surface area (Å²) in [5, 5.41) is 8.61. The van der Waals surface area contributed by atoms with E-state index in [1.54, 1.807) is 22.6 Å². The summed E-state index contributed by atoms with van der Waals surface area (Å²) in [6.07, 6.45) is -5.57. The Balaban J connectivity index is 3.20. The number of ether oxygens (including phenoxy) is 1. The van der Waals surface area contributed by atoms with Crippen LogP contribution in [0.15, 0.2) is 6.07 Å². The van der Waals surface area contributed by atoms with E-state index in [-0.39, 0.29) is 12.2 Å². The highest BCUT2D eigenvalue weighted by atomic mass is 127. The van der Waals surface area contributed by atoms with Crippen molar-refractivity contribution in [3.63, 3.8) is 0 Å². The second kappa shape index (κ2) is 5.69. The largest absolute Gasteiger partial charge is 0.573 e. The molecule has 0 aliphatic carbocycles. The van der Waals surface area contributed by atoms with Gasteiger partial charge in [-0.1, -0.05) is 0 Å². The first-order valence-corrected chi connectivity index (χ1v) is 5.66. The van der Waals surface area contributed by atoms with Crippen LogP contribution in [0, 0.1) is 3.57 Å². The van der Waals surface area contributed by atoms with Crippen molar-refractivity contribution < 1.29 is 27.8 Å². The molecule has 0 spiro atoms. The Hall–Kier alpha value is -1.10. The van der Waals surface area contributed by atoms with Gasteiger partial charge in [-0.25, -0.2) is 0 Å². The van der Waals surface area contributed by atoms with E-state index in [9.17, 15) is 18.0 Å². The van der Waals surface area contributed by atoms with Crippen LogP contribution in [0.1, 0.15) is 11.4 Å². The van der Waals surface area contributed by atoms with Gasteiger partial charge in [0.2, 0.25) is 0 Å². The standard InChI is InChI=1S/C9H8F3IN2O3/c10-9(11,12)18-7-1-4(13)6(3-14)15-5(7)2-8(16)17/h1H,2-3,14H2,(H,16,17). The summed E-state index contributed by atoms with van der Waals surface area (Å²) in [7, 11) is 0. The van der Waals surface area contributed by atoms with Gasteiger partial charge in [0.1, 0.15) is 0 Å². The molecule has 1 heterocycles. The van der Waals surface area contributed by atoms with E-state index in [1.165, 1.54) is 0 Å². The van der Waals surface area contributed by atoms with Crippen molar-refractivity contribution in [2.75, 3.05) is 0 Å². The van der Waals surface area contributed by atoms with Crippen LogP contribution < -0.4 is 10.5 Å². The predicted molar refractivity (Wildman–Crippen MR) is 62.9 cm³/mol. The van der Waals surface area contributed by atoms with E-state index in [4.69, 9.17) is 10.8 Å². The zero-order valence-corrected chi connectivity index (χ0v) is 10.9. The molecule has 0 saturated carbocycles. The lowest BCUT2D eigenvalue weighted by Crippen LogP contribution is -2.20. The lowest BCUT2D eigenvalue weighted by molar-refractivity contribution is -0.275. The molecule has 3 N–H and O–H groups in total. The summed E-state index contributed by atoms with van der Waals surface area (Å²) in [6.45, 7) is -0.00279. The minimum atomic E-state index is -4.90. The molecule has 18 heavy (non-hydrogen) atoms. The molecule has 5 nitrogen and oxygen atoms in total. The average Bonchev–Trinajstić information content (AvgIpc) is 2.19. The summed E-state index contributed by atoms with van der Waals surface area (Å²) in [4.78, 5) is 14.3. The number of hydrogen-bond acceptors (Lipinski definition) is 4. The summed E-state index contributed by atoms with van der Waals surface area (Å²) >= 11 is 1.75. The molecule has 0 bridgehead atoms. The van der Waals surface area contributed by atoms with E-state index >= 15 is 0 Å². The van der Waals surface area contributed by atoms with Gasteiger partial charge in [0.25, 0.3) is 0 Å². The normalized spacial score (nSPS) is 11.4. The first-order chi connectivity index (χ1) is 8.23. The topological polar surface area (TPSA) is 85.4 Å². The van der Waals surface area contributed by atoms with Gasteiger partial charge in [-0.2, -0.15) is 0 Å². The van der Waals surface area contributed by atoms with Gasteiger partial charge in [-0.15, -0.1) is 13.2 Å². The molecule has 0 fully saturated rings. The Morgan fingerprint density at radius 2 is 2.11 bits per heavy atom. The van der Waals surface area contributed by atoms with Crippen molar-refractivity contribution in [1.29, 1.82) is 0 Å². The molecule has 0 atom stereocenters. The molecular weight excluding hydrogens is 368 g/mol. The Morgan fingerprint density at radius 3 is 2.56 bits per heavy atom. The molecule has 9 heteroatoms. The Bertz CT molecular complexity index is 465. The highest BCUT2D eigenvalue weighted by Gasteiger charge is 2.33. The minimum Gasteiger partial charge on any atom is -0.481 e. The maximum atomic E-state index is 12.1. The van der Waals surface area contributed by atoms with Crippen molar-refractivity contribution in [1.82, 2.24) is 4.98 Å². The molecule has 1 rings (SSSR count).